The smallest absolute Gasteiger partial charge is 0.249 e. The molecule has 1 saturated carbocycles. The highest BCUT2D eigenvalue weighted by Gasteiger charge is 2.51. The van der Waals surface area contributed by atoms with E-state index in [9.17, 15) is 18.4 Å². The number of anilines is 1. The molecule has 27 heavy (non-hydrogen) atoms. The third-order valence-electron chi connectivity index (χ3n) is 5.48. The molecule has 2 N–H and O–H groups in total. The summed E-state index contributed by atoms with van der Waals surface area (Å²) in [4.78, 5) is 26.6. The number of benzene rings is 1. The van der Waals surface area contributed by atoms with Gasteiger partial charge in [-0.3, -0.25) is 9.59 Å². The van der Waals surface area contributed by atoms with E-state index in [0.717, 1.165) is 5.69 Å². The van der Waals surface area contributed by atoms with Crippen molar-refractivity contribution in [2.24, 2.45) is 5.92 Å². The molecule has 3 rings (SSSR count). The number of halogens is 2. The maximum absolute atomic E-state index is 13.1. The van der Waals surface area contributed by atoms with Crippen molar-refractivity contribution in [1.82, 2.24) is 10.2 Å². The van der Waals surface area contributed by atoms with E-state index in [-0.39, 0.29) is 24.7 Å². The number of nitrogens with one attached hydrogen (secondary N) is 2. The quantitative estimate of drug-likeness (QED) is 0.821. The van der Waals surface area contributed by atoms with Gasteiger partial charge in [0.2, 0.25) is 17.7 Å². The normalized spacial score (nSPS) is 21.1. The lowest BCUT2D eigenvalue weighted by Crippen LogP contribution is -2.59. The van der Waals surface area contributed by atoms with Gasteiger partial charge in [0.05, 0.1) is 7.11 Å². The zero-order chi connectivity index (χ0) is 19.7. The minimum atomic E-state index is -2.71. The van der Waals surface area contributed by atoms with Gasteiger partial charge in [0, 0.05) is 50.7 Å². The zero-order valence-corrected chi connectivity index (χ0v) is 15.6. The number of carbonyl (C=O) groups is 2. The second-order valence-corrected chi connectivity index (χ2v) is 7.30. The number of hydrogen-bond acceptors (Lipinski definition) is 4. The van der Waals surface area contributed by atoms with Crippen molar-refractivity contribution >= 4 is 17.5 Å². The average Bonchev–Trinajstić information content (AvgIpc) is 2.65. The van der Waals surface area contributed by atoms with E-state index in [1.54, 1.807) is 25.1 Å². The van der Waals surface area contributed by atoms with Crippen LogP contribution in [0.15, 0.2) is 24.3 Å². The molecule has 2 amide bonds. The number of alkyl halides is 2. The molecule has 1 aliphatic heterocycles. The molecule has 1 aliphatic carbocycles. The molecular weight excluding hydrogens is 356 g/mol. The Labute approximate surface area is 157 Å². The molecule has 1 heterocycles. The van der Waals surface area contributed by atoms with Crippen LogP contribution in [-0.2, 0) is 9.59 Å². The first-order valence-corrected chi connectivity index (χ1v) is 9.10. The highest BCUT2D eigenvalue weighted by Crippen LogP contribution is 2.43. The van der Waals surface area contributed by atoms with Crippen molar-refractivity contribution in [1.29, 1.82) is 0 Å². The van der Waals surface area contributed by atoms with Gasteiger partial charge < -0.3 is 20.3 Å². The Morgan fingerprint density at radius 2 is 1.89 bits per heavy atom. The number of likely N-dealkylation sites (N-methyl/N-ethyl adjacent to an activating group) is 1. The van der Waals surface area contributed by atoms with E-state index in [1.165, 1.54) is 0 Å². The molecule has 0 unspecified atom stereocenters. The Morgan fingerprint density at radius 1 is 1.22 bits per heavy atom. The van der Waals surface area contributed by atoms with E-state index < -0.39 is 17.4 Å². The van der Waals surface area contributed by atoms with Crippen LogP contribution in [0, 0.1) is 5.92 Å². The third kappa shape index (κ3) is 3.99. The van der Waals surface area contributed by atoms with Crippen LogP contribution in [0.4, 0.5) is 14.5 Å². The molecule has 0 aromatic heterocycles. The van der Waals surface area contributed by atoms with Gasteiger partial charge in [-0.15, -0.1) is 0 Å². The predicted octanol–water partition coefficient (Wildman–Crippen LogP) is 2.26. The van der Waals surface area contributed by atoms with E-state index in [0.29, 0.717) is 31.7 Å². The molecule has 2 aliphatic rings. The number of ether oxygens (including phenoxy) is 1. The average molecular weight is 381 g/mol. The van der Waals surface area contributed by atoms with Crippen molar-refractivity contribution in [3.8, 4) is 5.75 Å². The van der Waals surface area contributed by atoms with Gasteiger partial charge in [0.25, 0.3) is 0 Å². The molecule has 0 radical (unpaired) electrons. The Kier molecular flexibility index (Phi) is 5.26. The van der Waals surface area contributed by atoms with Crippen LogP contribution in [-0.4, -0.2) is 55.4 Å². The van der Waals surface area contributed by atoms with Gasteiger partial charge in [-0.25, -0.2) is 8.78 Å². The molecule has 0 atom stereocenters. The number of rotatable bonds is 5. The number of methoxy groups -OCH3 is 1. The number of nitrogens with zero attached hydrogens (tertiary/aromatic N) is 1. The summed E-state index contributed by atoms with van der Waals surface area (Å²) in [5.41, 5.74) is -0.113. The summed E-state index contributed by atoms with van der Waals surface area (Å²) in [5, 5.41) is 5.99. The molecule has 0 bridgehead atoms. The number of hydrogen-bond donors (Lipinski definition) is 2. The standard InChI is InChI=1S/C19H25F2N3O3/c1-22-17(26)18(23-14-4-3-5-15(10-14)27-2)6-8-24(9-7-18)16(25)13-11-19(20,21)12-13/h3-5,10,13,23H,6-9,11-12H2,1-2H3,(H,22,26). The van der Waals surface area contributed by atoms with Crippen LogP contribution in [0.2, 0.25) is 0 Å². The zero-order valence-electron chi connectivity index (χ0n) is 15.6. The minimum absolute atomic E-state index is 0.160. The van der Waals surface area contributed by atoms with Gasteiger partial charge in [0.1, 0.15) is 11.3 Å². The second-order valence-electron chi connectivity index (χ2n) is 7.30. The lowest BCUT2D eigenvalue weighted by Gasteiger charge is -2.44. The summed E-state index contributed by atoms with van der Waals surface area (Å²) >= 11 is 0. The maximum Gasteiger partial charge on any atom is 0.249 e. The fourth-order valence-corrected chi connectivity index (χ4v) is 3.83. The molecule has 148 valence electrons. The number of carbonyl (C=O) groups excluding carboxylic acids is 2. The monoisotopic (exact) mass is 381 g/mol. The van der Waals surface area contributed by atoms with Crippen molar-refractivity contribution < 1.29 is 23.1 Å². The molecule has 2 fully saturated rings. The second kappa shape index (κ2) is 7.32. The Bertz CT molecular complexity index is 710. The van der Waals surface area contributed by atoms with Gasteiger partial charge in [0.15, 0.2) is 0 Å². The topological polar surface area (TPSA) is 70.7 Å². The summed E-state index contributed by atoms with van der Waals surface area (Å²) in [6.07, 6.45) is 0.0629. The van der Waals surface area contributed by atoms with Gasteiger partial charge in [-0.1, -0.05) is 6.07 Å². The van der Waals surface area contributed by atoms with Crippen molar-refractivity contribution in [2.75, 3.05) is 32.6 Å². The van der Waals surface area contributed by atoms with Gasteiger partial charge in [-0.05, 0) is 25.0 Å². The van der Waals surface area contributed by atoms with Crippen LogP contribution in [0.1, 0.15) is 25.7 Å². The summed E-state index contributed by atoms with van der Waals surface area (Å²) < 4.78 is 31.3. The largest absolute Gasteiger partial charge is 0.497 e. The number of amides is 2. The van der Waals surface area contributed by atoms with Crippen molar-refractivity contribution in [2.45, 2.75) is 37.1 Å². The SMILES string of the molecule is CNC(=O)C1(Nc2cccc(OC)c2)CCN(C(=O)C2CC(F)(F)C2)CC1. The first-order chi connectivity index (χ1) is 12.8. The fraction of sp³-hybridized carbons (Fsp3) is 0.579. The molecular formula is C19H25F2N3O3. The number of likely N-dealkylation sites (tertiary alicyclic amines) is 1. The Balaban J connectivity index is 1.68. The lowest BCUT2D eigenvalue weighted by atomic mass is 9.79. The molecule has 1 aromatic carbocycles. The minimum Gasteiger partial charge on any atom is -0.497 e. The van der Waals surface area contributed by atoms with E-state index in [4.69, 9.17) is 4.74 Å². The van der Waals surface area contributed by atoms with E-state index in [2.05, 4.69) is 10.6 Å². The lowest BCUT2D eigenvalue weighted by molar-refractivity contribution is -0.161. The van der Waals surface area contributed by atoms with Crippen LogP contribution in [0.3, 0.4) is 0 Å². The first kappa shape index (κ1) is 19.4. The van der Waals surface area contributed by atoms with Gasteiger partial charge in [-0.2, -0.15) is 0 Å². The number of piperidine rings is 1. The van der Waals surface area contributed by atoms with E-state index in [1.807, 2.05) is 18.2 Å². The third-order valence-corrected chi connectivity index (χ3v) is 5.48. The van der Waals surface area contributed by atoms with Crippen LogP contribution in [0.25, 0.3) is 0 Å². The van der Waals surface area contributed by atoms with Crippen LogP contribution >= 0.6 is 0 Å². The summed E-state index contributed by atoms with van der Waals surface area (Å²) in [6, 6.07) is 7.29. The molecule has 1 saturated heterocycles. The molecule has 6 nitrogen and oxygen atoms in total. The summed E-state index contributed by atoms with van der Waals surface area (Å²) in [7, 11) is 3.15. The van der Waals surface area contributed by atoms with Crippen molar-refractivity contribution in [3.05, 3.63) is 24.3 Å². The molecule has 0 spiro atoms. The highest BCUT2D eigenvalue weighted by molar-refractivity contribution is 5.90. The fourth-order valence-electron chi connectivity index (χ4n) is 3.83. The summed E-state index contributed by atoms with van der Waals surface area (Å²) in [5.74, 6) is -3.03. The predicted molar refractivity (Wildman–Crippen MR) is 96.9 cm³/mol. The Morgan fingerprint density at radius 3 is 2.44 bits per heavy atom. The highest BCUT2D eigenvalue weighted by atomic mass is 19.3. The Hall–Kier alpha value is -2.38. The summed E-state index contributed by atoms with van der Waals surface area (Å²) in [6.45, 7) is 0.705. The van der Waals surface area contributed by atoms with Crippen molar-refractivity contribution in [3.63, 3.8) is 0 Å². The maximum atomic E-state index is 13.1. The van der Waals surface area contributed by atoms with E-state index >= 15 is 0 Å². The van der Waals surface area contributed by atoms with Crippen LogP contribution in [0.5, 0.6) is 5.75 Å². The molecule has 8 heteroatoms. The molecule has 1 aromatic rings. The van der Waals surface area contributed by atoms with Crippen LogP contribution < -0.4 is 15.4 Å². The first-order valence-electron chi connectivity index (χ1n) is 9.10. The van der Waals surface area contributed by atoms with Gasteiger partial charge >= 0.3 is 0 Å².